The van der Waals surface area contributed by atoms with Gasteiger partial charge in [-0.25, -0.2) is 4.79 Å². The van der Waals surface area contributed by atoms with E-state index < -0.39 is 0 Å². The molecular weight excluding hydrogens is 358 g/mol. The lowest BCUT2D eigenvalue weighted by Crippen LogP contribution is -2.16. The van der Waals surface area contributed by atoms with Crippen LogP contribution in [-0.2, 0) is 17.6 Å². The number of hydrogen-bond donors (Lipinski definition) is 1. The lowest BCUT2D eigenvalue weighted by Gasteiger charge is -2.12. The molecule has 2 aromatic rings. The highest BCUT2D eigenvalue weighted by atomic mass is 35.5. The van der Waals surface area contributed by atoms with Crippen molar-refractivity contribution < 1.29 is 14.3 Å². The van der Waals surface area contributed by atoms with Crippen molar-refractivity contribution in [2.75, 3.05) is 11.9 Å². The first-order valence-corrected chi connectivity index (χ1v) is 9.59. The maximum Gasteiger partial charge on any atom is 0.341 e. The number of aryl methyl sites for hydroxylation is 2. The minimum atomic E-state index is -0.368. The van der Waals surface area contributed by atoms with Gasteiger partial charge in [-0.05, 0) is 62.8 Å². The third-order valence-electron chi connectivity index (χ3n) is 4.25. The number of rotatable bonds is 4. The highest BCUT2D eigenvalue weighted by Gasteiger charge is 2.27. The van der Waals surface area contributed by atoms with Crippen molar-refractivity contribution in [3.05, 3.63) is 50.4 Å². The molecule has 0 saturated heterocycles. The summed E-state index contributed by atoms with van der Waals surface area (Å²) in [7, 11) is 0. The molecule has 0 fully saturated rings. The molecule has 3 rings (SSSR count). The highest BCUT2D eigenvalue weighted by molar-refractivity contribution is 7.17. The Labute approximate surface area is 156 Å². The van der Waals surface area contributed by atoms with Gasteiger partial charge in [-0.2, -0.15) is 0 Å². The second-order valence-corrected chi connectivity index (χ2v) is 7.59. The number of benzene rings is 1. The van der Waals surface area contributed by atoms with Crippen molar-refractivity contribution >= 4 is 39.8 Å². The topological polar surface area (TPSA) is 55.4 Å². The second-order valence-electron chi connectivity index (χ2n) is 6.07. The Hall–Kier alpha value is -1.85. The molecule has 0 saturated carbocycles. The fraction of sp³-hybridized carbons (Fsp3) is 0.368. The summed E-state index contributed by atoms with van der Waals surface area (Å²) in [5, 5.41) is 3.84. The predicted octanol–water partition coefficient (Wildman–Crippen LogP) is 5.02. The smallest absolute Gasteiger partial charge is 0.341 e. The van der Waals surface area contributed by atoms with Gasteiger partial charge >= 0.3 is 5.97 Å². The number of fused-ring (bicyclic) bond motifs is 1. The Bertz CT molecular complexity index is 828. The Balaban J connectivity index is 1.95. The first-order valence-electron chi connectivity index (χ1n) is 8.40. The summed E-state index contributed by atoms with van der Waals surface area (Å²) >= 11 is 7.67. The SMILES string of the molecule is CCOC(=O)c1c(NC(=O)c2ccc(C)cc2Cl)sc2c1CCCC2. The van der Waals surface area contributed by atoms with E-state index in [1.165, 1.54) is 16.2 Å². The van der Waals surface area contributed by atoms with Crippen LogP contribution >= 0.6 is 22.9 Å². The molecule has 132 valence electrons. The lowest BCUT2D eigenvalue weighted by atomic mass is 9.95. The Morgan fingerprint density at radius 2 is 2.04 bits per heavy atom. The van der Waals surface area contributed by atoms with E-state index in [4.69, 9.17) is 16.3 Å². The zero-order valence-electron chi connectivity index (χ0n) is 14.3. The molecule has 0 bridgehead atoms. The molecule has 25 heavy (non-hydrogen) atoms. The van der Waals surface area contributed by atoms with Gasteiger partial charge in [0.25, 0.3) is 5.91 Å². The molecule has 0 aliphatic heterocycles. The second kappa shape index (κ2) is 7.58. The van der Waals surface area contributed by atoms with Gasteiger partial charge in [-0.15, -0.1) is 11.3 Å². The van der Waals surface area contributed by atoms with Crippen molar-refractivity contribution in [3.8, 4) is 0 Å². The van der Waals surface area contributed by atoms with Crippen molar-refractivity contribution in [2.24, 2.45) is 0 Å². The van der Waals surface area contributed by atoms with Crippen molar-refractivity contribution in [1.29, 1.82) is 0 Å². The van der Waals surface area contributed by atoms with Crippen LogP contribution in [0.5, 0.6) is 0 Å². The maximum atomic E-state index is 12.7. The number of carbonyl (C=O) groups excluding carboxylic acids is 2. The van der Waals surface area contributed by atoms with E-state index in [-0.39, 0.29) is 11.9 Å². The van der Waals surface area contributed by atoms with Crippen LogP contribution in [0.1, 0.15) is 56.5 Å². The maximum absolute atomic E-state index is 12.7. The van der Waals surface area contributed by atoms with Crippen molar-refractivity contribution in [3.63, 3.8) is 0 Å². The zero-order chi connectivity index (χ0) is 18.0. The molecule has 0 radical (unpaired) electrons. The number of halogens is 1. The van der Waals surface area contributed by atoms with Gasteiger partial charge in [-0.1, -0.05) is 17.7 Å². The molecule has 6 heteroatoms. The molecule has 1 amide bonds. The molecule has 1 aromatic heterocycles. The van der Waals surface area contributed by atoms with Crippen LogP contribution in [0.2, 0.25) is 5.02 Å². The highest BCUT2D eigenvalue weighted by Crippen LogP contribution is 2.39. The number of esters is 1. The molecule has 1 aliphatic carbocycles. The quantitative estimate of drug-likeness (QED) is 0.761. The summed E-state index contributed by atoms with van der Waals surface area (Å²) < 4.78 is 5.21. The molecular formula is C19H20ClNO3S. The van der Waals surface area contributed by atoms with E-state index in [1.807, 2.05) is 13.0 Å². The molecule has 0 spiro atoms. The molecule has 4 nitrogen and oxygen atoms in total. The van der Waals surface area contributed by atoms with Gasteiger partial charge in [0.2, 0.25) is 0 Å². The summed E-state index contributed by atoms with van der Waals surface area (Å²) in [5.74, 6) is -0.679. The van der Waals surface area contributed by atoms with Crippen molar-refractivity contribution in [1.82, 2.24) is 0 Å². The summed E-state index contributed by atoms with van der Waals surface area (Å²) in [6.45, 7) is 4.00. The van der Waals surface area contributed by atoms with Gasteiger partial charge in [-0.3, -0.25) is 4.79 Å². The Morgan fingerprint density at radius 3 is 2.76 bits per heavy atom. The lowest BCUT2D eigenvalue weighted by molar-refractivity contribution is 0.0526. The third kappa shape index (κ3) is 3.72. The monoisotopic (exact) mass is 377 g/mol. The molecule has 0 unspecified atom stereocenters. The van der Waals surface area contributed by atoms with Gasteiger partial charge < -0.3 is 10.1 Å². The number of amides is 1. The van der Waals surface area contributed by atoms with Crippen LogP contribution in [0.3, 0.4) is 0 Å². The number of anilines is 1. The fourth-order valence-electron chi connectivity index (χ4n) is 3.05. The summed E-state index contributed by atoms with van der Waals surface area (Å²) in [5.41, 5.74) is 2.92. The average Bonchev–Trinajstić information content (AvgIpc) is 2.92. The largest absolute Gasteiger partial charge is 0.462 e. The molecule has 1 N–H and O–H groups in total. The van der Waals surface area contributed by atoms with Crippen LogP contribution in [0.15, 0.2) is 18.2 Å². The van der Waals surface area contributed by atoms with Crippen LogP contribution in [0.25, 0.3) is 0 Å². The molecule has 1 heterocycles. The fourth-order valence-corrected chi connectivity index (χ4v) is 4.64. The molecule has 1 aliphatic rings. The number of carbonyl (C=O) groups is 2. The Morgan fingerprint density at radius 1 is 1.28 bits per heavy atom. The first-order chi connectivity index (χ1) is 12.0. The minimum absolute atomic E-state index is 0.306. The number of ether oxygens (including phenoxy) is 1. The summed E-state index contributed by atoms with van der Waals surface area (Å²) in [4.78, 5) is 26.3. The van der Waals surface area contributed by atoms with Crippen LogP contribution in [-0.4, -0.2) is 18.5 Å². The van der Waals surface area contributed by atoms with Gasteiger partial charge in [0.1, 0.15) is 5.00 Å². The van der Waals surface area contributed by atoms with Gasteiger partial charge in [0.15, 0.2) is 0 Å². The van der Waals surface area contributed by atoms with E-state index in [0.29, 0.717) is 27.8 Å². The van der Waals surface area contributed by atoms with E-state index in [9.17, 15) is 9.59 Å². The summed E-state index contributed by atoms with van der Waals surface area (Å²) in [6.07, 6.45) is 3.94. The third-order valence-corrected chi connectivity index (χ3v) is 5.77. The number of nitrogens with one attached hydrogen (secondary N) is 1. The van der Waals surface area contributed by atoms with Gasteiger partial charge in [0.05, 0.1) is 22.8 Å². The Kier molecular flexibility index (Phi) is 5.45. The first kappa shape index (κ1) is 18.0. The number of thiophene rings is 1. The average molecular weight is 378 g/mol. The standard InChI is InChI=1S/C19H20ClNO3S/c1-3-24-19(23)16-13-6-4-5-7-15(13)25-18(16)21-17(22)12-9-8-11(2)10-14(12)20/h8-10H,3-7H2,1-2H3,(H,21,22). The van der Waals surface area contributed by atoms with Crippen LogP contribution < -0.4 is 5.32 Å². The zero-order valence-corrected chi connectivity index (χ0v) is 15.9. The van der Waals surface area contributed by atoms with E-state index >= 15 is 0 Å². The predicted molar refractivity (Wildman–Crippen MR) is 101 cm³/mol. The van der Waals surface area contributed by atoms with E-state index in [0.717, 1.165) is 36.8 Å². The van der Waals surface area contributed by atoms with Crippen LogP contribution in [0, 0.1) is 6.92 Å². The van der Waals surface area contributed by atoms with E-state index in [1.54, 1.807) is 19.1 Å². The number of hydrogen-bond acceptors (Lipinski definition) is 4. The normalized spacial score (nSPS) is 13.2. The van der Waals surface area contributed by atoms with E-state index in [2.05, 4.69) is 5.32 Å². The molecule has 0 atom stereocenters. The summed E-state index contributed by atoms with van der Waals surface area (Å²) in [6, 6.07) is 5.29. The minimum Gasteiger partial charge on any atom is -0.462 e. The van der Waals surface area contributed by atoms with Crippen molar-refractivity contribution in [2.45, 2.75) is 39.5 Å². The van der Waals surface area contributed by atoms with Crippen LogP contribution in [0.4, 0.5) is 5.00 Å². The van der Waals surface area contributed by atoms with Gasteiger partial charge in [0, 0.05) is 4.88 Å². The molecule has 1 aromatic carbocycles.